The third kappa shape index (κ3) is 7.17. The van der Waals surface area contributed by atoms with Crippen LogP contribution in [0.4, 0.5) is 16.2 Å². The van der Waals surface area contributed by atoms with Gasteiger partial charge in [0.15, 0.2) is 0 Å². The van der Waals surface area contributed by atoms with Crippen molar-refractivity contribution in [3.05, 3.63) is 89.4 Å². The minimum Gasteiger partial charge on any atom is -0.497 e. The van der Waals surface area contributed by atoms with Crippen LogP contribution in [0.1, 0.15) is 24.8 Å². The van der Waals surface area contributed by atoms with Crippen molar-refractivity contribution in [1.82, 2.24) is 4.90 Å². The van der Waals surface area contributed by atoms with Crippen LogP contribution in [-0.2, 0) is 6.61 Å². The number of benzene rings is 4. The van der Waals surface area contributed by atoms with Crippen LogP contribution >= 0.6 is 11.6 Å². The number of likely N-dealkylation sites (tertiary alicyclic amines) is 1. The summed E-state index contributed by atoms with van der Waals surface area (Å²) in [4.78, 5) is 15.1. The van der Waals surface area contributed by atoms with Gasteiger partial charge in [0.25, 0.3) is 0 Å². The Kier molecular flexibility index (Phi) is 9.26. The van der Waals surface area contributed by atoms with E-state index in [2.05, 4.69) is 15.5 Å². The average Bonchev–Trinajstić information content (AvgIpc) is 2.98. The Morgan fingerprint density at radius 3 is 2.35 bits per heavy atom. The summed E-state index contributed by atoms with van der Waals surface area (Å²) in [5.74, 6) is 2.13. The molecule has 40 heavy (non-hydrogen) atoms. The fraction of sp³-hybridized carbons (Fsp3) is 0.281. The van der Waals surface area contributed by atoms with Crippen molar-refractivity contribution >= 4 is 39.8 Å². The quantitative estimate of drug-likeness (QED) is 0.209. The van der Waals surface area contributed by atoms with E-state index in [-0.39, 0.29) is 6.03 Å². The molecule has 1 aliphatic rings. The van der Waals surface area contributed by atoms with E-state index in [4.69, 9.17) is 25.8 Å². The summed E-state index contributed by atoms with van der Waals surface area (Å²) in [7, 11) is 1.60. The van der Waals surface area contributed by atoms with Crippen LogP contribution in [0.2, 0.25) is 5.02 Å². The Morgan fingerprint density at radius 2 is 1.60 bits per heavy atom. The van der Waals surface area contributed by atoms with E-state index in [0.29, 0.717) is 35.4 Å². The van der Waals surface area contributed by atoms with Gasteiger partial charge >= 0.3 is 6.03 Å². The first-order chi connectivity index (χ1) is 19.6. The van der Waals surface area contributed by atoms with Crippen LogP contribution in [0.3, 0.4) is 0 Å². The number of hydrogen-bond acceptors (Lipinski definition) is 5. The van der Waals surface area contributed by atoms with E-state index in [1.807, 2.05) is 54.6 Å². The van der Waals surface area contributed by atoms with Crippen LogP contribution < -0.4 is 24.8 Å². The van der Waals surface area contributed by atoms with Crippen molar-refractivity contribution in [1.29, 1.82) is 0 Å². The van der Waals surface area contributed by atoms with E-state index in [1.165, 1.54) is 19.3 Å². The lowest BCUT2D eigenvalue weighted by molar-refractivity contribution is 0.183. The van der Waals surface area contributed by atoms with E-state index in [1.54, 1.807) is 31.4 Å². The molecule has 7 nitrogen and oxygen atoms in total. The summed E-state index contributed by atoms with van der Waals surface area (Å²) in [6, 6.07) is 24.1. The lowest BCUT2D eigenvalue weighted by Gasteiger charge is -2.26. The summed E-state index contributed by atoms with van der Waals surface area (Å²) >= 11 is 6.52. The second kappa shape index (κ2) is 13.4. The molecule has 4 aromatic carbocycles. The van der Waals surface area contributed by atoms with E-state index < -0.39 is 0 Å². The SMILES string of the molecule is COc1ccc(NC(=O)Nc2ccc(OCc3ccc(OCCN4CCCCC4)c(Cl)c3)c3ccccc23)cc1. The number of carbonyl (C=O) groups excluding carboxylic acids is 1. The fourth-order valence-corrected chi connectivity index (χ4v) is 5.10. The highest BCUT2D eigenvalue weighted by Gasteiger charge is 2.12. The van der Waals surface area contributed by atoms with Crippen LogP contribution in [0.25, 0.3) is 10.8 Å². The van der Waals surface area contributed by atoms with E-state index >= 15 is 0 Å². The summed E-state index contributed by atoms with van der Waals surface area (Å²) in [5.41, 5.74) is 2.29. The Hall–Kier alpha value is -3.94. The summed E-state index contributed by atoms with van der Waals surface area (Å²) in [6.45, 7) is 4.19. The Bertz CT molecular complexity index is 1440. The van der Waals surface area contributed by atoms with Crippen molar-refractivity contribution in [3.8, 4) is 17.2 Å². The minimum atomic E-state index is -0.336. The van der Waals surface area contributed by atoms with Crippen molar-refractivity contribution in [2.45, 2.75) is 25.9 Å². The molecule has 0 spiro atoms. The number of methoxy groups -OCH3 is 1. The van der Waals surface area contributed by atoms with Gasteiger partial charge in [-0.15, -0.1) is 0 Å². The number of amides is 2. The molecular weight excluding hydrogens is 526 g/mol. The topological polar surface area (TPSA) is 72.1 Å². The molecule has 2 N–H and O–H groups in total. The standard InChI is InChI=1S/C32H34ClN3O4/c1-38-25-12-10-24(11-13-25)34-32(37)35-29-14-16-30(27-8-4-3-7-26(27)29)40-22-23-9-15-31(28(33)21-23)39-20-19-36-17-5-2-6-18-36/h3-4,7-16,21H,2,5-6,17-20,22H2,1H3,(H2,34,35,37). The molecule has 0 saturated carbocycles. The third-order valence-corrected chi connectivity index (χ3v) is 7.28. The van der Waals surface area contributed by atoms with Gasteiger partial charge in [-0.2, -0.15) is 0 Å². The molecule has 0 radical (unpaired) electrons. The zero-order valence-electron chi connectivity index (χ0n) is 22.6. The Balaban J connectivity index is 1.19. The van der Waals surface area contributed by atoms with Crippen LogP contribution in [-0.4, -0.2) is 44.3 Å². The Morgan fingerprint density at radius 1 is 0.850 bits per heavy atom. The summed E-state index contributed by atoms with van der Waals surface area (Å²) < 4.78 is 17.3. The third-order valence-electron chi connectivity index (χ3n) is 6.98. The predicted molar refractivity (Wildman–Crippen MR) is 161 cm³/mol. The van der Waals surface area contributed by atoms with Gasteiger partial charge in [0.1, 0.15) is 30.5 Å². The molecule has 5 rings (SSSR count). The molecular formula is C32H34ClN3O4. The lowest BCUT2D eigenvalue weighted by Crippen LogP contribution is -2.33. The predicted octanol–water partition coefficient (Wildman–Crippen LogP) is 7.59. The highest BCUT2D eigenvalue weighted by Crippen LogP contribution is 2.33. The number of hydrogen-bond donors (Lipinski definition) is 2. The smallest absolute Gasteiger partial charge is 0.323 e. The van der Waals surface area contributed by atoms with Gasteiger partial charge in [-0.25, -0.2) is 4.79 Å². The van der Waals surface area contributed by atoms with Crippen molar-refractivity contribution in [2.24, 2.45) is 0 Å². The second-order valence-corrected chi connectivity index (χ2v) is 10.2. The van der Waals surface area contributed by atoms with Crippen molar-refractivity contribution < 1.29 is 19.0 Å². The number of urea groups is 1. The number of carbonyl (C=O) groups is 1. The van der Waals surface area contributed by atoms with Crippen molar-refractivity contribution in [2.75, 3.05) is 44.0 Å². The largest absolute Gasteiger partial charge is 0.497 e. The molecule has 0 unspecified atom stereocenters. The van der Waals surface area contributed by atoms with Gasteiger partial charge in [0.05, 0.1) is 17.8 Å². The lowest BCUT2D eigenvalue weighted by atomic mass is 10.1. The molecule has 4 aromatic rings. The molecule has 0 bridgehead atoms. The molecule has 2 amide bonds. The first-order valence-corrected chi connectivity index (χ1v) is 14.0. The maximum atomic E-state index is 12.7. The number of ether oxygens (including phenoxy) is 3. The molecule has 208 valence electrons. The number of anilines is 2. The molecule has 1 aliphatic heterocycles. The zero-order chi connectivity index (χ0) is 27.7. The van der Waals surface area contributed by atoms with Gasteiger partial charge in [0.2, 0.25) is 0 Å². The molecule has 0 aromatic heterocycles. The summed E-state index contributed by atoms with van der Waals surface area (Å²) in [6.07, 6.45) is 3.86. The van der Waals surface area contributed by atoms with E-state index in [0.717, 1.165) is 47.5 Å². The number of nitrogens with one attached hydrogen (secondary N) is 2. The molecule has 8 heteroatoms. The minimum absolute atomic E-state index is 0.336. The highest BCUT2D eigenvalue weighted by atomic mass is 35.5. The van der Waals surface area contributed by atoms with Gasteiger partial charge in [-0.3, -0.25) is 4.90 Å². The van der Waals surface area contributed by atoms with Crippen molar-refractivity contribution in [3.63, 3.8) is 0 Å². The second-order valence-electron chi connectivity index (χ2n) is 9.77. The normalized spacial score (nSPS) is 13.6. The summed E-state index contributed by atoms with van der Waals surface area (Å²) in [5, 5.41) is 8.14. The van der Waals surface area contributed by atoms with E-state index in [9.17, 15) is 4.79 Å². The number of piperidine rings is 1. The zero-order valence-corrected chi connectivity index (χ0v) is 23.4. The maximum Gasteiger partial charge on any atom is 0.323 e. The Labute approximate surface area is 240 Å². The van der Waals surface area contributed by atoms with Crippen LogP contribution in [0.5, 0.6) is 17.2 Å². The van der Waals surface area contributed by atoms with Gasteiger partial charge in [-0.05, 0) is 80.0 Å². The molecule has 1 heterocycles. The molecule has 1 saturated heterocycles. The highest BCUT2D eigenvalue weighted by molar-refractivity contribution is 6.32. The molecule has 1 fully saturated rings. The van der Waals surface area contributed by atoms with Gasteiger partial charge in [0, 0.05) is 23.0 Å². The molecule has 0 aliphatic carbocycles. The van der Waals surface area contributed by atoms with Crippen LogP contribution in [0, 0.1) is 0 Å². The number of halogens is 1. The van der Waals surface area contributed by atoms with Gasteiger partial charge in [-0.1, -0.05) is 48.4 Å². The molecule has 0 atom stereocenters. The first-order valence-electron chi connectivity index (χ1n) is 13.6. The maximum absolute atomic E-state index is 12.7. The monoisotopic (exact) mass is 559 g/mol. The fourth-order valence-electron chi connectivity index (χ4n) is 4.85. The number of rotatable bonds is 10. The average molecular weight is 560 g/mol. The van der Waals surface area contributed by atoms with Crippen LogP contribution in [0.15, 0.2) is 78.9 Å². The first kappa shape index (κ1) is 27.6. The number of nitrogens with zero attached hydrogens (tertiary/aromatic N) is 1. The van der Waals surface area contributed by atoms with Gasteiger partial charge < -0.3 is 24.8 Å². The number of fused-ring (bicyclic) bond motifs is 1.